The van der Waals surface area contributed by atoms with E-state index in [1.165, 1.54) is 0 Å². The van der Waals surface area contributed by atoms with E-state index in [0.29, 0.717) is 32.5 Å². The first-order valence-electron chi connectivity index (χ1n) is 8.16. The van der Waals surface area contributed by atoms with E-state index < -0.39 is 14.6 Å². The second-order valence-electron chi connectivity index (χ2n) is 6.71. The molecular weight excluding hydrogens is 326 g/mol. The van der Waals surface area contributed by atoms with Gasteiger partial charge in [0.05, 0.1) is 0 Å². The fourth-order valence-electron chi connectivity index (χ4n) is 3.16. The van der Waals surface area contributed by atoms with Gasteiger partial charge in [-0.2, -0.15) is 0 Å². The van der Waals surface area contributed by atoms with Crippen LogP contribution in [0.15, 0.2) is 24.3 Å². The lowest BCUT2D eigenvalue weighted by molar-refractivity contribution is -0.124. The second-order valence-corrected chi connectivity index (χ2v) is 9.03. The molecule has 6 nitrogen and oxygen atoms in total. The minimum absolute atomic E-state index is 0.316. The summed E-state index contributed by atoms with van der Waals surface area (Å²) in [4.78, 5) is 14.8. The number of carbonyl (C=O) groups excluding carboxylic acids is 1. The monoisotopic (exact) mass is 353 g/mol. The Labute approximate surface area is 144 Å². The van der Waals surface area contributed by atoms with E-state index in [1.54, 1.807) is 0 Å². The molecular formula is C17H27N3O3S. The topological polar surface area (TPSA) is 78.5 Å². The van der Waals surface area contributed by atoms with Crippen molar-refractivity contribution in [2.24, 2.45) is 0 Å². The zero-order valence-corrected chi connectivity index (χ0v) is 15.4. The number of hydrogen-bond donors (Lipinski definition) is 2. The van der Waals surface area contributed by atoms with Crippen molar-refractivity contribution < 1.29 is 13.2 Å². The first-order chi connectivity index (χ1) is 11.3. The number of benzene rings is 1. The number of carbonyl (C=O) groups is 1. The third-order valence-corrected chi connectivity index (χ3v) is 6.59. The van der Waals surface area contributed by atoms with E-state index in [1.807, 2.05) is 38.4 Å². The Morgan fingerprint density at radius 3 is 2.33 bits per heavy atom. The van der Waals surface area contributed by atoms with E-state index in [-0.39, 0.29) is 5.91 Å². The molecule has 0 aliphatic carbocycles. The van der Waals surface area contributed by atoms with Crippen LogP contribution >= 0.6 is 0 Å². The molecule has 1 heterocycles. The van der Waals surface area contributed by atoms with Crippen LogP contribution in [-0.2, 0) is 27.7 Å². The Kier molecular flexibility index (Phi) is 6.01. The molecule has 7 heteroatoms. The first-order valence-corrected chi connectivity index (χ1v) is 10.1. The Hall–Kier alpha value is -1.44. The summed E-state index contributed by atoms with van der Waals surface area (Å²) in [5.41, 5.74) is 2.14. The summed E-state index contributed by atoms with van der Waals surface area (Å²) in [7, 11) is 0.498. The lowest BCUT2D eigenvalue weighted by Crippen LogP contribution is -2.57. The number of amides is 1. The highest BCUT2D eigenvalue weighted by Crippen LogP contribution is 2.28. The SMILES string of the molecule is CN(C)Cc1ccccc1CNC(=O)C1(S(C)(=O)=O)CCNCC1. The van der Waals surface area contributed by atoms with Crippen molar-refractivity contribution in [3.63, 3.8) is 0 Å². The van der Waals surface area contributed by atoms with Crippen molar-refractivity contribution >= 4 is 15.7 Å². The largest absolute Gasteiger partial charge is 0.351 e. The minimum atomic E-state index is -3.48. The van der Waals surface area contributed by atoms with E-state index in [0.717, 1.165) is 23.9 Å². The number of piperidine rings is 1. The van der Waals surface area contributed by atoms with Gasteiger partial charge in [0.2, 0.25) is 5.91 Å². The van der Waals surface area contributed by atoms with Gasteiger partial charge in [0.25, 0.3) is 0 Å². The van der Waals surface area contributed by atoms with Gasteiger partial charge in [-0.1, -0.05) is 24.3 Å². The highest BCUT2D eigenvalue weighted by molar-refractivity contribution is 7.92. The lowest BCUT2D eigenvalue weighted by atomic mass is 9.95. The Morgan fingerprint density at radius 2 is 1.79 bits per heavy atom. The molecule has 134 valence electrons. The van der Waals surface area contributed by atoms with Crippen molar-refractivity contribution in [1.82, 2.24) is 15.5 Å². The fraction of sp³-hybridized carbons (Fsp3) is 0.588. The molecule has 0 radical (unpaired) electrons. The quantitative estimate of drug-likeness (QED) is 0.780. The molecule has 1 aliphatic heterocycles. The third kappa shape index (κ3) is 4.15. The van der Waals surface area contributed by atoms with Crippen LogP contribution in [0.4, 0.5) is 0 Å². The maximum Gasteiger partial charge on any atom is 0.241 e. The van der Waals surface area contributed by atoms with E-state index in [9.17, 15) is 13.2 Å². The average Bonchev–Trinajstić information content (AvgIpc) is 2.53. The van der Waals surface area contributed by atoms with Gasteiger partial charge in [0.15, 0.2) is 14.6 Å². The summed E-state index contributed by atoms with van der Waals surface area (Å²) in [6.45, 7) is 2.19. The molecule has 0 unspecified atom stereocenters. The minimum Gasteiger partial charge on any atom is -0.351 e. The van der Waals surface area contributed by atoms with Crippen LogP contribution in [0.25, 0.3) is 0 Å². The molecule has 2 N–H and O–H groups in total. The number of sulfone groups is 1. The van der Waals surface area contributed by atoms with Crippen LogP contribution in [0.3, 0.4) is 0 Å². The molecule has 0 bridgehead atoms. The lowest BCUT2D eigenvalue weighted by Gasteiger charge is -2.34. The summed E-state index contributed by atoms with van der Waals surface area (Å²) in [6.07, 6.45) is 1.80. The summed E-state index contributed by atoms with van der Waals surface area (Å²) in [5.74, 6) is -0.383. The third-order valence-electron chi connectivity index (χ3n) is 4.58. The molecule has 1 saturated heterocycles. The molecule has 1 aromatic carbocycles. The van der Waals surface area contributed by atoms with Crippen molar-refractivity contribution in [3.05, 3.63) is 35.4 Å². The van der Waals surface area contributed by atoms with E-state index in [4.69, 9.17) is 0 Å². The standard InChI is InChI=1S/C17H27N3O3S/c1-20(2)13-15-7-5-4-6-14(15)12-19-16(21)17(24(3,22)23)8-10-18-11-9-17/h4-7,18H,8-13H2,1-3H3,(H,19,21). The smallest absolute Gasteiger partial charge is 0.241 e. The fourth-order valence-corrected chi connectivity index (χ4v) is 4.51. The van der Waals surface area contributed by atoms with E-state index in [2.05, 4.69) is 15.5 Å². The predicted octanol–water partition coefficient (Wildman–Crippen LogP) is 0.531. The van der Waals surface area contributed by atoms with E-state index >= 15 is 0 Å². The Morgan fingerprint density at radius 1 is 1.21 bits per heavy atom. The zero-order valence-electron chi connectivity index (χ0n) is 14.6. The Bertz CT molecular complexity index is 680. The predicted molar refractivity (Wildman–Crippen MR) is 95.4 cm³/mol. The normalized spacial score (nSPS) is 17.7. The molecule has 0 atom stereocenters. The molecule has 0 spiro atoms. The summed E-state index contributed by atoms with van der Waals surface area (Å²) < 4.78 is 23.2. The van der Waals surface area contributed by atoms with Crippen molar-refractivity contribution in [1.29, 1.82) is 0 Å². The van der Waals surface area contributed by atoms with Crippen molar-refractivity contribution in [3.8, 4) is 0 Å². The number of nitrogens with zero attached hydrogens (tertiary/aromatic N) is 1. The number of rotatable bonds is 6. The zero-order chi connectivity index (χ0) is 17.8. The van der Waals surface area contributed by atoms with Gasteiger partial charge in [-0.15, -0.1) is 0 Å². The van der Waals surface area contributed by atoms with Gasteiger partial charge >= 0.3 is 0 Å². The van der Waals surface area contributed by atoms with Crippen LogP contribution in [0, 0.1) is 0 Å². The van der Waals surface area contributed by atoms with Gasteiger partial charge in [0, 0.05) is 19.3 Å². The molecule has 1 fully saturated rings. The van der Waals surface area contributed by atoms with Gasteiger partial charge < -0.3 is 15.5 Å². The maximum absolute atomic E-state index is 12.7. The molecule has 1 aromatic rings. The molecule has 1 amide bonds. The number of nitrogens with one attached hydrogen (secondary N) is 2. The number of hydrogen-bond acceptors (Lipinski definition) is 5. The Balaban J connectivity index is 2.15. The van der Waals surface area contributed by atoms with Gasteiger partial charge in [0.1, 0.15) is 0 Å². The first kappa shape index (κ1) is 18.9. The highest BCUT2D eigenvalue weighted by atomic mass is 32.2. The molecule has 0 saturated carbocycles. The van der Waals surface area contributed by atoms with Gasteiger partial charge in [-0.25, -0.2) is 8.42 Å². The molecule has 0 aromatic heterocycles. The molecule has 2 rings (SSSR count). The van der Waals surface area contributed by atoms with Gasteiger partial charge in [-0.3, -0.25) is 4.79 Å². The molecule has 1 aliphatic rings. The van der Waals surface area contributed by atoms with Crippen molar-refractivity contribution in [2.45, 2.75) is 30.7 Å². The summed E-state index contributed by atoms with van der Waals surface area (Å²) >= 11 is 0. The van der Waals surface area contributed by atoms with Crippen LogP contribution in [0.1, 0.15) is 24.0 Å². The molecule has 24 heavy (non-hydrogen) atoms. The van der Waals surface area contributed by atoms with Crippen LogP contribution in [0.5, 0.6) is 0 Å². The second kappa shape index (κ2) is 7.63. The highest BCUT2D eigenvalue weighted by Gasteiger charge is 2.48. The summed E-state index contributed by atoms with van der Waals surface area (Å²) in [5, 5.41) is 5.99. The summed E-state index contributed by atoms with van der Waals surface area (Å²) in [6, 6.07) is 7.89. The van der Waals surface area contributed by atoms with Crippen molar-refractivity contribution in [2.75, 3.05) is 33.4 Å². The van der Waals surface area contributed by atoms with Crippen LogP contribution < -0.4 is 10.6 Å². The van der Waals surface area contributed by atoms with Crippen LogP contribution in [0.2, 0.25) is 0 Å². The van der Waals surface area contributed by atoms with Gasteiger partial charge in [-0.05, 0) is 51.2 Å². The maximum atomic E-state index is 12.7. The van der Waals surface area contributed by atoms with Crippen LogP contribution in [-0.4, -0.2) is 57.4 Å². The average molecular weight is 353 g/mol.